The average Bonchev–Trinajstić information content (AvgIpc) is 2.70. The van der Waals surface area contributed by atoms with Crippen molar-refractivity contribution in [2.24, 2.45) is 11.0 Å². The molecule has 3 heterocycles. The van der Waals surface area contributed by atoms with Crippen molar-refractivity contribution < 1.29 is 19.5 Å². The number of carbonyl (C=O) groups excluding carboxylic acids is 2. The van der Waals surface area contributed by atoms with Crippen LogP contribution in [0.25, 0.3) is 0 Å². The van der Waals surface area contributed by atoms with Gasteiger partial charge in [0, 0.05) is 31.3 Å². The third-order valence-corrected chi connectivity index (χ3v) is 4.68. The first-order valence-electron chi connectivity index (χ1n) is 7.44. The van der Waals surface area contributed by atoms with Crippen LogP contribution >= 0.6 is 0 Å². The van der Waals surface area contributed by atoms with Crippen molar-refractivity contribution in [3.63, 3.8) is 0 Å². The van der Waals surface area contributed by atoms with Crippen LogP contribution < -0.4 is 5.43 Å². The minimum absolute atomic E-state index is 0.0868. The fourth-order valence-electron chi connectivity index (χ4n) is 3.81. The Morgan fingerprint density at radius 1 is 1.24 bits per heavy atom. The highest BCUT2D eigenvalue weighted by Crippen LogP contribution is 2.40. The number of nitrogens with zero attached hydrogens (tertiary/aromatic N) is 2. The lowest BCUT2D eigenvalue weighted by molar-refractivity contribution is -0.139. The Kier molecular flexibility index (Phi) is 3.65. The lowest BCUT2D eigenvalue weighted by Crippen LogP contribution is -2.50. The van der Waals surface area contributed by atoms with Crippen LogP contribution in [0.5, 0.6) is 0 Å². The van der Waals surface area contributed by atoms with Gasteiger partial charge in [-0.2, -0.15) is 5.10 Å². The maximum atomic E-state index is 12.6. The second-order valence-electron chi connectivity index (χ2n) is 6.13. The molecule has 0 radical (unpaired) electrons. The van der Waals surface area contributed by atoms with Crippen LogP contribution in [0, 0.1) is 5.92 Å². The third-order valence-electron chi connectivity index (χ3n) is 4.68. The van der Waals surface area contributed by atoms with Crippen LogP contribution in [-0.4, -0.2) is 45.6 Å². The van der Waals surface area contributed by atoms with Gasteiger partial charge in [0.1, 0.15) is 5.71 Å². The number of carboxylic acids is 1. The van der Waals surface area contributed by atoms with Crippen LogP contribution in [0.3, 0.4) is 0 Å². The Morgan fingerprint density at radius 2 is 1.90 bits per heavy atom. The first-order valence-corrected chi connectivity index (χ1v) is 7.44. The predicted octanol–water partition coefficient (Wildman–Crippen LogP) is 0.497. The fourth-order valence-corrected chi connectivity index (χ4v) is 3.81. The zero-order valence-electron chi connectivity index (χ0n) is 11.7. The summed E-state index contributed by atoms with van der Waals surface area (Å²) in [5.41, 5.74) is 2.78. The van der Waals surface area contributed by atoms with Gasteiger partial charge in [0.05, 0.1) is 0 Å². The Morgan fingerprint density at radius 3 is 2.43 bits per heavy atom. The zero-order chi connectivity index (χ0) is 15.0. The van der Waals surface area contributed by atoms with Gasteiger partial charge in [-0.15, -0.1) is 0 Å². The van der Waals surface area contributed by atoms with E-state index < -0.39 is 5.97 Å². The number of carbonyl (C=O) groups is 3. The normalized spacial score (nSPS) is 31.6. The number of amides is 2. The molecule has 2 atom stereocenters. The van der Waals surface area contributed by atoms with E-state index in [1.54, 1.807) is 0 Å². The Labute approximate surface area is 122 Å². The Bertz CT molecular complexity index is 502. The summed E-state index contributed by atoms with van der Waals surface area (Å²) in [6.45, 7) is 0. The maximum Gasteiger partial charge on any atom is 0.303 e. The molecule has 0 saturated carbocycles. The number of carboxylic acid groups (broad SMARTS) is 1. The summed E-state index contributed by atoms with van der Waals surface area (Å²) in [7, 11) is 0. The molecule has 114 valence electrons. The monoisotopic (exact) mass is 293 g/mol. The molecular weight excluding hydrogens is 274 g/mol. The van der Waals surface area contributed by atoms with E-state index in [1.807, 2.05) is 4.90 Å². The van der Waals surface area contributed by atoms with Gasteiger partial charge in [0.2, 0.25) is 5.91 Å². The molecule has 3 aliphatic heterocycles. The van der Waals surface area contributed by atoms with Crippen LogP contribution in [0.2, 0.25) is 0 Å². The summed E-state index contributed by atoms with van der Waals surface area (Å²) >= 11 is 0. The van der Waals surface area contributed by atoms with E-state index in [0.717, 1.165) is 25.7 Å². The minimum Gasteiger partial charge on any atom is -0.481 e. The number of fused-ring (bicyclic) bond motifs is 2. The van der Waals surface area contributed by atoms with Crippen LogP contribution in [-0.2, 0) is 14.4 Å². The topological polar surface area (TPSA) is 99.1 Å². The van der Waals surface area contributed by atoms with Crippen molar-refractivity contribution in [1.29, 1.82) is 0 Å². The lowest BCUT2D eigenvalue weighted by Gasteiger charge is -2.39. The third kappa shape index (κ3) is 2.77. The molecule has 2 bridgehead atoms. The molecule has 0 aliphatic carbocycles. The number of rotatable bonds is 3. The lowest BCUT2D eigenvalue weighted by atomic mass is 9.88. The van der Waals surface area contributed by atoms with E-state index in [9.17, 15) is 14.4 Å². The fraction of sp³-hybridized carbons (Fsp3) is 0.714. The van der Waals surface area contributed by atoms with Crippen LogP contribution in [0.4, 0.5) is 0 Å². The Hall–Kier alpha value is -1.92. The van der Waals surface area contributed by atoms with E-state index in [2.05, 4.69) is 10.5 Å². The second-order valence-corrected chi connectivity index (χ2v) is 6.13. The molecule has 0 spiro atoms. The highest BCUT2D eigenvalue weighted by Gasteiger charge is 2.44. The van der Waals surface area contributed by atoms with Crippen molar-refractivity contribution in [2.75, 3.05) is 0 Å². The molecule has 7 heteroatoms. The first kappa shape index (κ1) is 14.0. The zero-order valence-corrected chi connectivity index (χ0v) is 11.7. The van der Waals surface area contributed by atoms with Gasteiger partial charge in [-0.3, -0.25) is 14.4 Å². The standard InChI is InChI=1S/C14H19N3O4/c18-12-4-3-11(15-16-12)14(21)17-9-1-2-10(17)6-8(5-9)7-13(19)20/h8-10H,1-7H2,(H,16,18)(H,19,20). The summed E-state index contributed by atoms with van der Waals surface area (Å²) in [6, 6.07) is 0.252. The number of aliphatic carboxylic acids is 1. The second kappa shape index (κ2) is 5.46. The van der Waals surface area contributed by atoms with Crippen molar-refractivity contribution in [2.45, 2.75) is 57.0 Å². The highest BCUT2D eigenvalue weighted by atomic mass is 16.4. The van der Waals surface area contributed by atoms with Crippen molar-refractivity contribution in [1.82, 2.24) is 10.3 Å². The molecule has 2 unspecified atom stereocenters. The predicted molar refractivity (Wildman–Crippen MR) is 73.4 cm³/mol. The summed E-state index contributed by atoms with van der Waals surface area (Å²) in [6.07, 6.45) is 4.27. The molecule has 21 heavy (non-hydrogen) atoms. The van der Waals surface area contributed by atoms with Gasteiger partial charge in [-0.25, -0.2) is 5.43 Å². The molecule has 7 nitrogen and oxygen atoms in total. The summed E-state index contributed by atoms with van der Waals surface area (Å²) in [5, 5.41) is 12.8. The molecule has 3 rings (SSSR count). The van der Waals surface area contributed by atoms with Gasteiger partial charge in [0.15, 0.2) is 0 Å². The van der Waals surface area contributed by atoms with E-state index in [1.165, 1.54) is 0 Å². The minimum atomic E-state index is -0.765. The Balaban J connectivity index is 1.69. The number of hydrazone groups is 1. The number of hydrogen-bond donors (Lipinski definition) is 2. The van der Waals surface area contributed by atoms with Crippen molar-refractivity contribution in [3.05, 3.63) is 0 Å². The summed E-state index contributed by atoms with van der Waals surface area (Å²) in [5.74, 6) is -0.846. The molecule has 3 aliphatic rings. The largest absolute Gasteiger partial charge is 0.481 e. The van der Waals surface area contributed by atoms with E-state index in [-0.39, 0.29) is 36.2 Å². The van der Waals surface area contributed by atoms with Crippen LogP contribution in [0.15, 0.2) is 5.10 Å². The smallest absolute Gasteiger partial charge is 0.303 e. The molecule has 2 saturated heterocycles. The number of piperidine rings is 1. The van der Waals surface area contributed by atoms with E-state index >= 15 is 0 Å². The summed E-state index contributed by atoms with van der Waals surface area (Å²) < 4.78 is 0. The number of hydrogen-bond acceptors (Lipinski definition) is 4. The van der Waals surface area contributed by atoms with Gasteiger partial charge in [-0.05, 0) is 31.6 Å². The molecule has 0 aromatic carbocycles. The molecular formula is C14H19N3O4. The maximum absolute atomic E-state index is 12.6. The summed E-state index contributed by atoms with van der Waals surface area (Å²) in [4.78, 5) is 36.4. The molecule has 0 aromatic heterocycles. The van der Waals surface area contributed by atoms with E-state index in [4.69, 9.17) is 5.11 Å². The first-order chi connectivity index (χ1) is 10.0. The SMILES string of the molecule is O=C(O)CC1CC2CCC(C1)N2C(=O)C1=NNC(=O)CC1. The number of nitrogens with one attached hydrogen (secondary N) is 1. The van der Waals surface area contributed by atoms with Crippen LogP contribution in [0.1, 0.15) is 44.9 Å². The average molecular weight is 293 g/mol. The van der Waals surface area contributed by atoms with Gasteiger partial charge < -0.3 is 10.0 Å². The van der Waals surface area contributed by atoms with Gasteiger partial charge in [-0.1, -0.05) is 0 Å². The van der Waals surface area contributed by atoms with Gasteiger partial charge in [0.25, 0.3) is 5.91 Å². The van der Waals surface area contributed by atoms with Crippen molar-refractivity contribution in [3.8, 4) is 0 Å². The molecule has 2 amide bonds. The highest BCUT2D eigenvalue weighted by molar-refractivity contribution is 6.39. The molecule has 2 N–H and O–H groups in total. The van der Waals surface area contributed by atoms with Crippen molar-refractivity contribution >= 4 is 23.5 Å². The van der Waals surface area contributed by atoms with E-state index in [0.29, 0.717) is 18.6 Å². The quantitative estimate of drug-likeness (QED) is 0.791. The van der Waals surface area contributed by atoms with Gasteiger partial charge >= 0.3 is 5.97 Å². The molecule has 0 aromatic rings. The molecule has 2 fully saturated rings.